The Morgan fingerprint density at radius 1 is 1.31 bits per heavy atom. The van der Waals surface area contributed by atoms with Gasteiger partial charge in [-0.3, -0.25) is 0 Å². The summed E-state index contributed by atoms with van der Waals surface area (Å²) in [5.41, 5.74) is 2.30. The summed E-state index contributed by atoms with van der Waals surface area (Å²) in [6.07, 6.45) is 0. The largest absolute Gasteiger partial charge is 1.00 e. The highest BCUT2D eigenvalue weighted by atomic mass is 35.5. The van der Waals surface area contributed by atoms with Gasteiger partial charge in [0.1, 0.15) is 5.82 Å². The van der Waals surface area contributed by atoms with Crippen LogP contribution in [0, 0.1) is 5.82 Å². The topological polar surface area (TPSA) is 64.9 Å². The van der Waals surface area contributed by atoms with E-state index in [1.807, 2.05) is 0 Å². The molecule has 90 valence electrons. The summed E-state index contributed by atoms with van der Waals surface area (Å²) in [4.78, 5) is 10.4. The van der Waals surface area contributed by atoms with Crippen molar-refractivity contribution < 1.29 is 41.2 Å². The lowest BCUT2D eigenvalue weighted by molar-refractivity contribution is -0.451. The third-order valence-electron chi connectivity index (χ3n) is 1.96. The molecule has 0 saturated heterocycles. The Bertz CT molecular complexity index is 370. The quantitative estimate of drug-likeness (QED) is 0.633. The molecular weight excluding hydrogens is 247 g/mol. The van der Waals surface area contributed by atoms with E-state index in [1.54, 1.807) is 0 Å². The van der Waals surface area contributed by atoms with Crippen molar-refractivity contribution in [1.82, 2.24) is 0 Å². The zero-order valence-electron chi connectivity index (χ0n) is 7.96. The molecular formula is C9H9ClF3NO2. The van der Waals surface area contributed by atoms with Crippen LogP contribution < -0.4 is 18.1 Å². The van der Waals surface area contributed by atoms with E-state index in [4.69, 9.17) is 5.11 Å². The van der Waals surface area contributed by atoms with Crippen molar-refractivity contribution in [3.05, 3.63) is 35.6 Å². The molecule has 0 heterocycles. The minimum absolute atomic E-state index is 0. The molecule has 16 heavy (non-hydrogen) atoms. The van der Waals surface area contributed by atoms with Gasteiger partial charge in [-0.25, -0.2) is 9.18 Å². The third kappa shape index (κ3) is 2.86. The van der Waals surface area contributed by atoms with Crippen LogP contribution in [0.1, 0.15) is 5.56 Å². The molecule has 7 heteroatoms. The van der Waals surface area contributed by atoms with Gasteiger partial charge in [-0.05, 0) is 24.3 Å². The maximum absolute atomic E-state index is 13.4. The molecule has 4 N–H and O–H groups in total. The molecule has 3 nitrogen and oxygen atoms in total. The van der Waals surface area contributed by atoms with Crippen molar-refractivity contribution in [2.45, 2.75) is 12.0 Å². The van der Waals surface area contributed by atoms with E-state index >= 15 is 0 Å². The molecule has 0 fully saturated rings. The van der Waals surface area contributed by atoms with Crippen LogP contribution in [-0.4, -0.2) is 17.1 Å². The van der Waals surface area contributed by atoms with Crippen LogP contribution in [0.2, 0.25) is 0 Å². The van der Waals surface area contributed by atoms with Crippen LogP contribution in [0.15, 0.2) is 24.3 Å². The SMILES string of the molecule is [Cl-].[NH3+]C(C(=O)O)C(F)(F)c1ccc(F)cc1. The fourth-order valence-corrected chi connectivity index (χ4v) is 1.03. The molecule has 1 rings (SSSR count). The van der Waals surface area contributed by atoms with Crippen LogP contribution in [0.5, 0.6) is 0 Å². The number of halogens is 4. The van der Waals surface area contributed by atoms with E-state index in [0.29, 0.717) is 0 Å². The van der Waals surface area contributed by atoms with E-state index in [0.717, 1.165) is 24.3 Å². The smallest absolute Gasteiger partial charge is 0.369 e. The van der Waals surface area contributed by atoms with Crippen molar-refractivity contribution in [1.29, 1.82) is 0 Å². The first kappa shape index (κ1) is 14.7. The highest BCUT2D eigenvalue weighted by molar-refractivity contribution is 5.73. The monoisotopic (exact) mass is 255 g/mol. The number of hydrogen-bond donors (Lipinski definition) is 2. The molecule has 0 aliphatic rings. The molecule has 1 atom stereocenters. The second-order valence-corrected chi connectivity index (χ2v) is 3.02. The lowest BCUT2D eigenvalue weighted by atomic mass is 10.0. The van der Waals surface area contributed by atoms with E-state index in [9.17, 15) is 18.0 Å². The number of carbonyl (C=O) groups is 1. The van der Waals surface area contributed by atoms with Crippen molar-refractivity contribution in [3.8, 4) is 0 Å². The van der Waals surface area contributed by atoms with Crippen LogP contribution in [0.3, 0.4) is 0 Å². The number of carboxylic acids is 1. The van der Waals surface area contributed by atoms with Crippen molar-refractivity contribution in [2.24, 2.45) is 0 Å². The average Bonchev–Trinajstić information content (AvgIpc) is 2.17. The number of carboxylic acid groups (broad SMARTS) is 1. The molecule has 0 saturated carbocycles. The van der Waals surface area contributed by atoms with Gasteiger partial charge >= 0.3 is 11.9 Å². The summed E-state index contributed by atoms with van der Waals surface area (Å²) in [6, 6.07) is 1.28. The standard InChI is InChI=1S/C9H8F3NO2.ClH/c10-6-3-1-5(2-4-6)9(11,12)7(13)8(14)15;/h1-4,7H,13H2,(H,14,15);1H. The lowest BCUT2D eigenvalue weighted by Crippen LogP contribution is -3.00. The fourth-order valence-electron chi connectivity index (χ4n) is 1.03. The minimum Gasteiger partial charge on any atom is -1.00 e. The molecule has 0 spiro atoms. The van der Waals surface area contributed by atoms with Gasteiger partial charge in [0.05, 0.1) is 0 Å². The number of rotatable bonds is 3. The van der Waals surface area contributed by atoms with Crippen molar-refractivity contribution in [2.75, 3.05) is 0 Å². The van der Waals surface area contributed by atoms with Gasteiger partial charge in [-0.1, -0.05) is 0 Å². The van der Waals surface area contributed by atoms with Crippen LogP contribution in [0.25, 0.3) is 0 Å². The second-order valence-electron chi connectivity index (χ2n) is 3.02. The molecule has 1 aromatic carbocycles. The Balaban J connectivity index is 0.00000225. The highest BCUT2D eigenvalue weighted by Crippen LogP contribution is 2.30. The van der Waals surface area contributed by atoms with Crippen molar-refractivity contribution in [3.63, 3.8) is 0 Å². The summed E-state index contributed by atoms with van der Waals surface area (Å²) in [6.45, 7) is 0. The van der Waals surface area contributed by atoms with E-state index in [2.05, 4.69) is 5.73 Å². The zero-order chi connectivity index (χ0) is 11.6. The molecule has 0 aliphatic carbocycles. The zero-order valence-corrected chi connectivity index (χ0v) is 8.72. The fraction of sp³-hybridized carbons (Fsp3) is 0.222. The number of hydrogen-bond acceptors (Lipinski definition) is 1. The van der Waals surface area contributed by atoms with Gasteiger partial charge in [-0.2, -0.15) is 8.78 Å². The maximum atomic E-state index is 13.4. The number of alkyl halides is 2. The van der Waals surface area contributed by atoms with Crippen molar-refractivity contribution >= 4 is 5.97 Å². The average molecular weight is 256 g/mol. The van der Waals surface area contributed by atoms with E-state index < -0.39 is 29.3 Å². The Morgan fingerprint density at radius 2 is 1.75 bits per heavy atom. The molecule has 0 amide bonds. The normalized spacial score (nSPS) is 12.8. The first-order valence-corrected chi connectivity index (χ1v) is 4.05. The molecule has 1 aromatic rings. The van der Waals surface area contributed by atoms with Gasteiger partial charge in [-0.15, -0.1) is 0 Å². The summed E-state index contributed by atoms with van der Waals surface area (Å²) in [5.74, 6) is -5.98. The second kappa shape index (κ2) is 5.18. The Morgan fingerprint density at radius 3 is 2.12 bits per heavy atom. The summed E-state index contributed by atoms with van der Waals surface area (Å²) in [7, 11) is 0. The predicted molar refractivity (Wildman–Crippen MR) is 44.6 cm³/mol. The predicted octanol–water partition coefficient (Wildman–Crippen LogP) is -2.38. The first-order valence-electron chi connectivity index (χ1n) is 4.05. The van der Waals surface area contributed by atoms with Gasteiger partial charge in [0.15, 0.2) is 0 Å². The summed E-state index contributed by atoms with van der Waals surface area (Å²) < 4.78 is 39.2. The molecule has 0 aliphatic heterocycles. The number of aliphatic carboxylic acids is 1. The third-order valence-corrected chi connectivity index (χ3v) is 1.96. The van der Waals surface area contributed by atoms with Crippen LogP contribution in [-0.2, 0) is 10.7 Å². The molecule has 0 radical (unpaired) electrons. The maximum Gasteiger partial charge on any atom is 0.369 e. The van der Waals surface area contributed by atoms with Crippen LogP contribution >= 0.6 is 0 Å². The van der Waals surface area contributed by atoms with E-state index in [-0.39, 0.29) is 12.4 Å². The lowest BCUT2D eigenvalue weighted by Gasteiger charge is -2.17. The van der Waals surface area contributed by atoms with Gasteiger partial charge in [0, 0.05) is 5.56 Å². The first-order chi connectivity index (χ1) is 6.85. The van der Waals surface area contributed by atoms with Crippen LogP contribution in [0.4, 0.5) is 13.2 Å². The van der Waals surface area contributed by atoms with E-state index in [1.165, 1.54) is 0 Å². The molecule has 0 bridgehead atoms. The minimum atomic E-state index is -3.61. The highest BCUT2D eigenvalue weighted by Gasteiger charge is 2.47. The number of quaternary nitrogens is 1. The van der Waals surface area contributed by atoms with Gasteiger partial charge < -0.3 is 23.2 Å². The Hall–Kier alpha value is -1.27. The molecule has 1 unspecified atom stereocenters. The summed E-state index contributed by atoms with van der Waals surface area (Å²) in [5, 5.41) is 8.42. The Labute approximate surface area is 95.5 Å². The van der Waals surface area contributed by atoms with Gasteiger partial charge in [0.25, 0.3) is 6.04 Å². The summed E-state index contributed by atoms with van der Waals surface area (Å²) >= 11 is 0. The Kier molecular flexibility index (Phi) is 4.77. The molecule has 0 aromatic heterocycles. The number of benzene rings is 1. The van der Waals surface area contributed by atoms with Gasteiger partial charge in [0.2, 0.25) is 0 Å².